The van der Waals surface area contributed by atoms with Crippen LogP contribution in [0.1, 0.15) is 73.5 Å². The van der Waals surface area contributed by atoms with Gasteiger partial charge in [0.05, 0.1) is 1.37 Å². The first kappa shape index (κ1) is 13.3. The van der Waals surface area contributed by atoms with Gasteiger partial charge in [0.2, 0.25) is 0 Å². The molecule has 0 aromatic heterocycles. The summed E-state index contributed by atoms with van der Waals surface area (Å²) in [6.45, 7) is 6.04. The smallest absolute Gasteiger partial charge is 0.166 e. The largest absolute Gasteiger partial charge is 0.294 e. The summed E-state index contributed by atoms with van der Waals surface area (Å²) in [5.74, 6) is 0.155. The molecule has 1 heteroatoms. The van der Waals surface area contributed by atoms with Crippen LogP contribution in [0.2, 0.25) is 0 Å². The highest BCUT2D eigenvalue weighted by Gasteiger charge is 2.02. The second-order valence-corrected chi connectivity index (χ2v) is 4.26. The lowest BCUT2D eigenvalue weighted by Crippen LogP contribution is -1.98. The topological polar surface area (TPSA) is 17.1 Å². The molecule has 0 aliphatic carbocycles. The molecule has 16 heavy (non-hydrogen) atoms. The first-order valence-electron chi connectivity index (χ1n) is 7.08. The van der Waals surface area contributed by atoms with Crippen molar-refractivity contribution in [1.82, 2.24) is 0 Å². The van der Waals surface area contributed by atoms with Crippen LogP contribution in [-0.4, -0.2) is 5.78 Å². The molecule has 0 aliphatic rings. The number of hydrogen-bond acceptors (Lipinski definition) is 1. The zero-order valence-electron chi connectivity index (χ0n) is 12.1. The molecule has 0 atom stereocenters. The van der Waals surface area contributed by atoms with Gasteiger partial charge in [-0.15, -0.1) is 5.73 Å². The van der Waals surface area contributed by atoms with E-state index < -0.39 is 0 Å². The minimum Gasteiger partial charge on any atom is -0.294 e. The van der Waals surface area contributed by atoms with Gasteiger partial charge in [0.1, 0.15) is 0 Å². The third-order valence-electron chi connectivity index (χ3n) is 2.61. The van der Waals surface area contributed by atoms with E-state index in [-0.39, 0.29) is 5.78 Å². The lowest BCUT2D eigenvalue weighted by molar-refractivity contribution is -0.115. The molecular weight excluding hydrogens is 196 g/mol. The molecule has 0 saturated carbocycles. The number of carbonyl (C=O) groups is 1. The van der Waals surface area contributed by atoms with Crippen molar-refractivity contribution >= 4 is 5.78 Å². The van der Waals surface area contributed by atoms with Gasteiger partial charge in [0.15, 0.2) is 5.78 Å². The molecule has 0 aromatic rings. The number of rotatable bonds is 9. The lowest BCUT2D eigenvalue weighted by Gasteiger charge is -1.98. The van der Waals surface area contributed by atoms with Crippen molar-refractivity contribution in [2.75, 3.05) is 0 Å². The Morgan fingerprint density at radius 3 is 2.50 bits per heavy atom. The quantitative estimate of drug-likeness (QED) is 0.311. The Hall–Kier alpha value is -0.810. The van der Waals surface area contributed by atoms with E-state index in [1.54, 1.807) is 6.92 Å². The summed E-state index contributed by atoms with van der Waals surface area (Å²) in [5.41, 5.74) is 3.53. The van der Waals surface area contributed by atoms with Crippen molar-refractivity contribution in [1.29, 1.82) is 0 Å². The zero-order chi connectivity index (χ0) is 13.1. The normalized spacial score (nSPS) is 10.6. The maximum atomic E-state index is 11.7. The third-order valence-corrected chi connectivity index (χ3v) is 2.61. The fraction of sp³-hybridized carbons (Fsp3) is 0.733. The average Bonchev–Trinajstić information content (AvgIpc) is 2.31. The van der Waals surface area contributed by atoms with Crippen LogP contribution < -0.4 is 0 Å². The molecule has 0 aromatic carbocycles. The number of carbonyl (C=O) groups excluding carboxylic acids is 1. The van der Waals surface area contributed by atoms with Crippen LogP contribution in [0.5, 0.6) is 0 Å². The van der Waals surface area contributed by atoms with Gasteiger partial charge in [0.25, 0.3) is 0 Å². The van der Waals surface area contributed by atoms with Crippen molar-refractivity contribution in [2.45, 2.75) is 72.1 Å². The second-order valence-electron chi connectivity index (χ2n) is 4.26. The van der Waals surface area contributed by atoms with Crippen LogP contribution in [0, 0.1) is 0 Å². The first-order chi connectivity index (χ1) is 8.11. The summed E-state index contributed by atoms with van der Waals surface area (Å²) in [5, 5.41) is 0. The van der Waals surface area contributed by atoms with E-state index in [1.807, 2.05) is 0 Å². The predicted molar refractivity (Wildman–Crippen MR) is 70.6 cm³/mol. The van der Waals surface area contributed by atoms with Crippen LogP contribution in [0.3, 0.4) is 0 Å². The standard InChI is InChI=1S/C15H26O/c1-4-6-8-10-12-14(3)15(16)13-11-9-7-5-2/h10H,4-9,11,13H2,1-3H3/i10D. The highest BCUT2D eigenvalue weighted by atomic mass is 16.1. The zero-order valence-corrected chi connectivity index (χ0v) is 11.1. The molecule has 0 heterocycles. The Labute approximate surface area is 102 Å². The van der Waals surface area contributed by atoms with Gasteiger partial charge in [-0.25, -0.2) is 0 Å². The summed E-state index contributed by atoms with van der Waals surface area (Å²) in [7, 11) is 0. The molecule has 0 saturated heterocycles. The molecule has 0 bridgehead atoms. The summed E-state index contributed by atoms with van der Waals surface area (Å²) in [6, 6.07) is 0.464. The minimum atomic E-state index is 0.155. The van der Waals surface area contributed by atoms with E-state index in [1.165, 1.54) is 12.8 Å². The third kappa shape index (κ3) is 8.49. The number of hydrogen-bond donors (Lipinski definition) is 0. The number of Topliss-reactive ketones (excluding diaryl/α,β-unsaturated/α-hetero) is 1. The molecule has 92 valence electrons. The summed E-state index contributed by atoms with van der Waals surface area (Å²) < 4.78 is 7.67. The van der Waals surface area contributed by atoms with Crippen molar-refractivity contribution in [2.24, 2.45) is 0 Å². The number of allylic oxidation sites excluding steroid dienone is 1. The highest BCUT2D eigenvalue weighted by Crippen LogP contribution is 2.06. The Bertz CT molecular complexity index is 285. The van der Waals surface area contributed by atoms with E-state index in [0.717, 1.165) is 32.1 Å². The van der Waals surface area contributed by atoms with Crippen molar-refractivity contribution in [3.8, 4) is 0 Å². The molecule has 0 radical (unpaired) electrons. The van der Waals surface area contributed by atoms with Crippen LogP contribution in [0.15, 0.2) is 17.4 Å². The van der Waals surface area contributed by atoms with E-state index in [9.17, 15) is 4.79 Å². The Morgan fingerprint density at radius 1 is 1.19 bits per heavy atom. The van der Waals surface area contributed by atoms with Gasteiger partial charge in [-0.2, -0.15) is 0 Å². The fourth-order valence-corrected chi connectivity index (χ4v) is 1.43. The molecule has 0 fully saturated rings. The lowest BCUT2D eigenvalue weighted by atomic mass is 10.1. The highest BCUT2D eigenvalue weighted by molar-refractivity contribution is 5.94. The molecule has 0 amide bonds. The molecule has 0 N–H and O–H groups in total. The van der Waals surface area contributed by atoms with E-state index in [4.69, 9.17) is 1.37 Å². The number of unbranched alkanes of at least 4 members (excludes halogenated alkanes) is 4. The van der Waals surface area contributed by atoms with Gasteiger partial charge in [-0.05, 0) is 32.2 Å². The molecule has 0 aliphatic heterocycles. The molecular formula is C15H26O. The van der Waals surface area contributed by atoms with Crippen molar-refractivity contribution < 1.29 is 6.17 Å². The van der Waals surface area contributed by atoms with Crippen LogP contribution in [-0.2, 0) is 4.79 Å². The van der Waals surface area contributed by atoms with E-state index in [2.05, 4.69) is 19.6 Å². The Kier molecular flexibility index (Phi) is 8.86. The average molecular weight is 223 g/mol. The maximum Gasteiger partial charge on any atom is 0.166 e. The number of ketones is 1. The van der Waals surface area contributed by atoms with Crippen LogP contribution >= 0.6 is 0 Å². The van der Waals surface area contributed by atoms with Gasteiger partial charge < -0.3 is 0 Å². The molecule has 0 rings (SSSR count). The maximum absolute atomic E-state index is 11.7. The summed E-state index contributed by atoms with van der Waals surface area (Å²) in [4.78, 5) is 11.7. The van der Waals surface area contributed by atoms with Crippen LogP contribution in [0.25, 0.3) is 0 Å². The molecule has 1 nitrogen and oxygen atoms in total. The molecule has 0 spiro atoms. The monoisotopic (exact) mass is 223 g/mol. The first-order valence-corrected chi connectivity index (χ1v) is 6.58. The van der Waals surface area contributed by atoms with Crippen molar-refractivity contribution in [3.63, 3.8) is 0 Å². The van der Waals surface area contributed by atoms with E-state index >= 15 is 0 Å². The van der Waals surface area contributed by atoms with Crippen LogP contribution in [0.4, 0.5) is 0 Å². The van der Waals surface area contributed by atoms with Crippen molar-refractivity contribution in [3.05, 3.63) is 17.4 Å². The Balaban J connectivity index is 4.13. The molecule has 0 unspecified atom stereocenters. The summed E-state index contributed by atoms with van der Waals surface area (Å²) in [6.07, 6.45) is 7.91. The minimum absolute atomic E-state index is 0.155. The SMILES string of the molecule is [2H]C(=C=C(C)C(=O)CCCCCC)CCCC. The Morgan fingerprint density at radius 2 is 1.88 bits per heavy atom. The van der Waals surface area contributed by atoms with Gasteiger partial charge in [0, 0.05) is 12.0 Å². The summed E-state index contributed by atoms with van der Waals surface area (Å²) >= 11 is 0. The van der Waals surface area contributed by atoms with Gasteiger partial charge in [-0.1, -0.05) is 39.5 Å². The van der Waals surface area contributed by atoms with Gasteiger partial charge >= 0.3 is 0 Å². The van der Waals surface area contributed by atoms with Gasteiger partial charge in [-0.3, -0.25) is 4.79 Å². The second kappa shape index (κ2) is 10.7. The fourth-order valence-electron chi connectivity index (χ4n) is 1.43. The predicted octanol–water partition coefficient (Wildman–Crippen LogP) is 4.82. The van der Waals surface area contributed by atoms with E-state index in [0.29, 0.717) is 18.0 Å².